The molecule has 0 heterocycles. The smallest absolute Gasteiger partial charge is 0.253 e. The van der Waals surface area contributed by atoms with Crippen molar-refractivity contribution in [3.05, 3.63) is 64.7 Å². The lowest BCUT2D eigenvalue weighted by Crippen LogP contribution is -2.31. The number of hydrogen-bond acceptors (Lipinski definition) is 3. The van der Waals surface area contributed by atoms with E-state index in [0.717, 1.165) is 0 Å². The molecule has 28 heavy (non-hydrogen) atoms. The Kier molecular flexibility index (Phi) is 7.76. The Hall–Kier alpha value is -2.66. The summed E-state index contributed by atoms with van der Waals surface area (Å²) in [4.78, 5) is 28.7. The van der Waals surface area contributed by atoms with Gasteiger partial charge in [0.2, 0.25) is 5.91 Å². The zero-order valence-electron chi connectivity index (χ0n) is 17.6. The standard InChI is InChI=1S/C23H31N3O2/c1-6-26(7-2)23(28)19-9-8-10-21(14-19)24-22(27)16-25(5)15-20-12-11-17(3)13-18(20)4/h8-14H,6-7,15-16H2,1-5H3,(H,24,27). The van der Waals surface area contributed by atoms with Crippen molar-refractivity contribution in [2.75, 3.05) is 32.0 Å². The number of carbonyl (C=O) groups is 2. The Morgan fingerprint density at radius 2 is 1.71 bits per heavy atom. The molecular formula is C23H31N3O2. The number of nitrogens with one attached hydrogen (secondary N) is 1. The maximum atomic E-state index is 12.5. The number of anilines is 1. The van der Waals surface area contributed by atoms with E-state index in [4.69, 9.17) is 0 Å². The number of nitrogens with zero attached hydrogens (tertiary/aromatic N) is 2. The van der Waals surface area contributed by atoms with E-state index in [0.29, 0.717) is 30.9 Å². The zero-order chi connectivity index (χ0) is 20.7. The molecule has 0 radical (unpaired) electrons. The van der Waals surface area contributed by atoms with Gasteiger partial charge in [-0.15, -0.1) is 0 Å². The van der Waals surface area contributed by atoms with Crippen molar-refractivity contribution >= 4 is 17.5 Å². The number of rotatable bonds is 8. The highest BCUT2D eigenvalue weighted by Gasteiger charge is 2.14. The highest BCUT2D eigenvalue weighted by molar-refractivity contribution is 5.97. The van der Waals surface area contributed by atoms with Gasteiger partial charge in [-0.05, 0) is 64.1 Å². The molecule has 0 unspecified atom stereocenters. The number of carbonyl (C=O) groups excluding carboxylic acids is 2. The second-order valence-electron chi connectivity index (χ2n) is 7.21. The van der Waals surface area contributed by atoms with Crippen molar-refractivity contribution in [3.8, 4) is 0 Å². The van der Waals surface area contributed by atoms with Crippen molar-refractivity contribution in [1.82, 2.24) is 9.80 Å². The van der Waals surface area contributed by atoms with E-state index in [9.17, 15) is 9.59 Å². The Bertz CT molecular complexity index is 828. The molecule has 0 saturated carbocycles. The number of likely N-dealkylation sites (N-methyl/N-ethyl adjacent to an activating group) is 1. The predicted octanol–water partition coefficient (Wildman–Crippen LogP) is 3.86. The Balaban J connectivity index is 1.97. The summed E-state index contributed by atoms with van der Waals surface area (Å²) in [5, 5.41) is 2.90. The van der Waals surface area contributed by atoms with Gasteiger partial charge in [-0.1, -0.05) is 29.8 Å². The second-order valence-corrected chi connectivity index (χ2v) is 7.21. The van der Waals surface area contributed by atoms with Gasteiger partial charge in [0.05, 0.1) is 6.54 Å². The minimum atomic E-state index is -0.0975. The minimum Gasteiger partial charge on any atom is -0.339 e. The molecule has 2 aromatic carbocycles. The molecule has 0 aliphatic heterocycles. The average Bonchev–Trinajstić information content (AvgIpc) is 2.65. The Labute approximate surface area is 168 Å². The van der Waals surface area contributed by atoms with Crippen LogP contribution < -0.4 is 5.32 Å². The summed E-state index contributed by atoms with van der Waals surface area (Å²) < 4.78 is 0. The van der Waals surface area contributed by atoms with Crippen molar-refractivity contribution in [2.45, 2.75) is 34.2 Å². The van der Waals surface area contributed by atoms with Gasteiger partial charge >= 0.3 is 0 Å². The van der Waals surface area contributed by atoms with Crippen LogP contribution in [-0.4, -0.2) is 48.3 Å². The van der Waals surface area contributed by atoms with E-state index in [-0.39, 0.29) is 18.4 Å². The van der Waals surface area contributed by atoms with Crippen LogP contribution in [0.25, 0.3) is 0 Å². The van der Waals surface area contributed by atoms with Crippen LogP contribution in [0.1, 0.15) is 40.9 Å². The monoisotopic (exact) mass is 381 g/mol. The first-order valence-corrected chi connectivity index (χ1v) is 9.77. The molecule has 0 spiro atoms. The minimum absolute atomic E-state index is 0.0203. The molecule has 0 atom stereocenters. The van der Waals surface area contributed by atoms with E-state index in [1.165, 1.54) is 16.7 Å². The Morgan fingerprint density at radius 3 is 2.36 bits per heavy atom. The highest BCUT2D eigenvalue weighted by Crippen LogP contribution is 2.14. The molecule has 150 valence electrons. The predicted molar refractivity (Wildman–Crippen MR) is 115 cm³/mol. The van der Waals surface area contributed by atoms with Gasteiger partial charge in [0.1, 0.15) is 0 Å². The largest absolute Gasteiger partial charge is 0.339 e. The van der Waals surface area contributed by atoms with E-state index in [1.54, 1.807) is 29.2 Å². The third-order valence-corrected chi connectivity index (χ3v) is 4.80. The van der Waals surface area contributed by atoms with Gasteiger partial charge in [0.15, 0.2) is 0 Å². The third-order valence-electron chi connectivity index (χ3n) is 4.80. The van der Waals surface area contributed by atoms with Crippen molar-refractivity contribution < 1.29 is 9.59 Å². The van der Waals surface area contributed by atoms with Gasteiger partial charge in [0, 0.05) is 30.9 Å². The fraction of sp³-hybridized carbons (Fsp3) is 0.391. The molecule has 0 aliphatic rings. The molecule has 2 rings (SSSR count). The quantitative estimate of drug-likeness (QED) is 0.755. The molecule has 5 nitrogen and oxygen atoms in total. The van der Waals surface area contributed by atoms with Crippen LogP contribution in [0.15, 0.2) is 42.5 Å². The first kappa shape index (κ1) is 21.6. The van der Waals surface area contributed by atoms with Crippen LogP contribution in [0.4, 0.5) is 5.69 Å². The van der Waals surface area contributed by atoms with Crippen LogP contribution in [0.3, 0.4) is 0 Å². The molecule has 0 bridgehead atoms. The number of aryl methyl sites for hydroxylation is 2. The molecule has 0 aliphatic carbocycles. The zero-order valence-corrected chi connectivity index (χ0v) is 17.6. The molecule has 0 saturated heterocycles. The van der Waals surface area contributed by atoms with Crippen molar-refractivity contribution in [3.63, 3.8) is 0 Å². The summed E-state index contributed by atoms with van der Waals surface area (Å²) >= 11 is 0. The van der Waals surface area contributed by atoms with Crippen molar-refractivity contribution in [1.29, 1.82) is 0 Å². The summed E-state index contributed by atoms with van der Waals surface area (Å²) in [7, 11) is 1.93. The number of benzene rings is 2. The lowest BCUT2D eigenvalue weighted by Gasteiger charge is -2.19. The normalized spacial score (nSPS) is 10.8. The summed E-state index contributed by atoms with van der Waals surface area (Å²) in [5.41, 5.74) is 4.91. The maximum absolute atomic E-state index is 12.5. The van der Waals surface area contributed by atoms with Crippen LogP contribution in [0.2, 0.25) is 0 Å². The number of amides is 2. The van der Waals surface area contributed by atoms with Crippen LogP contribution >= 0.6 is 0 Å². The molecule has 5 heteroatoms. The van der Waals surface area contributed by atoms with E-state index >= 15 is 0 Å². The first-order valence-electron chi connectivity index (χ1n) is 9.77. The van der Waals surface area contributed by atoms with E-state index in [2.05, 4.69) is 37.4 Å². The van der Waals surface area contributed by atoms with Crippen molar-refractivity contribution in [2.24, 2.45) is 0 Å². The summed E-state index contributed by atoms with van der Waals surface area (Å²) in [6.45, 7) is 10.4. The molecule has 2 amide bonds. The fourth-order valence-corrected chi connectivity index (χ4v) is 3.24. The molecule has 0 aromatic heterocycles. The molecule has 1 N–H and O–H groups in total. The van der Waals surface area contributed by atoms with Gasteiger partial charge in [-0.2, -0.15) is 0 Å². The fourth-order valence-electron chi connectivity index (χ4n) is 3.24. The average molecular weight is 382 g/mol. The summed E-state index contributed by atoms with van der Waals surface area (Å²) in [6.07, 6.45) is 0. The van der Waals surface area contributed by atoms with Gasteiger partial charge in [-0.3, -0.25) is 14.5 Å². The molecule has 0 fully saturated rings. The van der Waals surface area contributed by atoms with Gasteiger partial charge in [-0.25, -0.2) is 0 Å². The van der Waals surface area contributed by atoms with Gasteiger partial charge in [0.25, 0.3) is 5.91 Å². The Morgan fingerprint density at radius 1 is 1.00 bits per heavy atom. The maximum Gasteiger partial charge on any atom is 0.253 e. The topological polar surface area (TPSA) is 52.7 Å². The summed E-state index contributed by atoms with van der Waals surface area (Å²) in [6, 6.07) is 13.5. The van der Waals surface area contributed by atoms with E-state index in [1.807, 2.05) is 25.8 Å². The highest BCUT2D eigenvalue weighted by atomic mass is 16.2. The SMILES string of the molecule is CCN(CC)C(=O)c1cccc(NC(=O)CN(C)Cc2ccc(C)cc2C)c1. The van der Waals surface area contributed by atoms with Crippen LogP contribution in [-0.2, 0) is 11.3 Å². The van der Waals surface area contributed by atoms with Crippen LogP contribution in [0.5, 0.6) is 0 Å². The third kappa shape index (κ3) is 5.92. The van der Waals surface area contributed by atoms with E-state index < -0.39 is 0 Å². The summed E-state index contributed by atoms with van der Waals surface area (Å²) in [5.74, 6) is -0.118. The van der Waals surface area contributed by atoms with Crippen LogP contribution in [0, 0.1) is 13.8 Å². The number of hydrogen-bond donors (Lipinski definition) is 1. The lowest BCUT2D eigenvalue weighted by molar-refractivity contribution is -0.117. The second kappa shape index (κ2) is 10.0. The molecule has 2 aromatic rings. The molecular weight excluding hydrogens is 350 g/mol. The lowest BCUT2D eigenvalue weighted by atomic mass is 10.1. The first-order chi connectivity index (χ1) is 13.3. The van der Waals surface area contributed by atoms with Gasteiger partial charge < -0.3 is 10.2 Å².